The average Bonchev–Trinajstić information content (AvgIpc) is 3.58. The van der Waals surface area contributed by atoms with Crippen LogP contribution in [-0.4, -0.2) is 18.3 Å². The van der Waals surface area contributed by atoms with Crippen LogP contribution in [0.1, 0.15) is 19.8 Å². The van der Waals surface area contributed by atoms with Crippen molar-refractivity contribution >= 4 is 21.5 Å². The fourth-order valence-corrected chi connectivity index (χ4v) is 4.59. The minimum atomic E-state index is -0.438. The van der Waals surface area contributed by atoms with Crippen molar-refractivity contribution in [2.24, 2.45) is 7.05 Å². The van der Waals surface area contributed by atoms with Gasteiger partial charge < -0.3 is 0 Å². The van der Waals surface area contributed by atoms with Gasteiger partial charge in [0.2, 0.25) is 12.7 Å². The van der Waals surface area contributed by atoms with Crippen LogP contribution in [0.2, 0.25) is 0 Å². The second-order valence-corrected chi connectivity index (χ2v) is 9.03. The largest absolute Gasteiger partial charge is 0.270 e. The molecule has 0 atom stereocenters. The lowest BCUT2D eigenvalue weighted by molar-refractivity contribution is -0.696. The molecule has 35 heavy (non-hydrogen) atoms. The molecule has 5 aromatic rings. The third kappa shape index (κ3) is 4.05. The van der Waals surface area contributed by atoms with Crippen LogP contribution in [0.5, 0.6) is 0 Å². The van der Waals surface area contributed by atoms with Gasteiger partial charge in [-0.3, -0.25) is 28.3 Å². The first-order chi connectivity index (χ1) is 16.9. The van der Waals surface area contributed by atoms with Gasteiger partial charge in [-0.25, -0.2) is 18.3 Å². The summed E-state index contributed by atoms with van der Waals surface area (Å²) in [5.74, 6) is 0. The van der Waals surface area contributed by atoms with Gasteiger partial charge in [-0.15, -0.1) is 0 Å². The van der Waals surface area contributed by atoms with E-state index >= 15 is 0 Å². The summed E-state index contributed by atoms with van der Waals surface area (Å²) in [7, 11) is 1.89. The van der Waals surface area contributed by atoms with Crippen molar-refractivity contribution in [2.75, 3.05) is 0 Å². The molecule has 0 bridgehead atoms. The third-order valence-corrected chi connectivity index (χ3v) is 6.56. The molecule has 0 saturated carbocycles. The maximum absolute atomic E-state index is 13.0. The zero-order chi connectivity index (χ0) is 24.7. The van der Waals surface area contributed by atoms with Crippen LogP contribution in [0, 0.1) is 0 Å². The molecule has 4 heterocycles. The molecular formula is C25H28N6O4+2. The highest BCUT2D eigenvalue weighted by atomic mass is 16.2. The van der Waals surface area contributed by atoms with Gasteiger partial charge in [0.25, 0.3) is 22.2 Å². The van der Waals surface area contributed by atoms with Crippen molar-refractivity contribution in [3.8, 4) is 0 Å². The quantitative estimate of drug-likeness (QED) is 0.276. The first-order valence-corrected chi connectivity index (χ1v) is 11.8. The van der Waals surface area contributed by atoms with Crippen molar-refractivity contribution < 1.29 is 9.13 Å². The Morgan fingerprint density at radius 1 is 0.686 bits per heavy atom. The molecule has 5 rings (SSSR count). The molecular weight excluding hydrogens is 448 g/mol. The Hall–Kier alpha value is -4.08. The van der Waals surface area contributed by atoms with E-state index in [1.54, 1.807) is 0 Å². The van der Waals surface area contributed by atoms with Gasteiger partial charge in [-0.05, 0) is 18.6 Å². The van der Waals surface area contributed by atoms with Gasteiger partial charge in [0.15, 0.2) is 0 Å². The predicted octanol–water partition coefficient (Wildman–Crippen LogP) is -0.172. The number of aryl methyl sites for hydroxylation is 4. The zero-order valence-electron chi connectivity index (χ0n) is 19.9. The van der Waals surface area contributed by atoms with Gasteiger partial charge in [-0.1, -0.05) is 13.3 Å². The molecule has 0 aliphatic rings. The van der Waals surface area contributed by atoms with Crippen molar-refractivity contribution in [1.29, 1.82) is 0 Å². The van der Waals surface area contributed by atoms with E-state index in [2.05, 4.69) is 11.5 Å². The summed E-state index contributed by atoms with van der Waals surface area (Å²) in [6.07, 6.45) is 13.6. The fourth-order valence-electron chi connectivity index (χ4n) is 4.59. The molecule has 0 unspecified atom stereocenters. The van der Waals surface area contributed by atoms with Gasteiger partial charge in [0, 0.05) is 0 Å². The number of hydrogen-bond acceptors (Lipinski definition) is 4. The second kappa shape index (κ2) is 8.94. The van der Waals surface area contributed by atoms with Gasteiger partial charge in [0.05, 0.1) is 48.2 Å². The Labute approximate surface area is 199 Å². The van der Waals surface area contributed by atoms with E-state index in [1.165, 1.54) is 21.3 Å². The smallest absolute Gasteiger partial charge is 0.261 e. The summed E-state index contributed by atoms with van der Waals surface area (Å²) in [5.41, 5.74) is -1.74. The van der Waals surface area contributed by atoms with E-state index in [4.69, 9.17) is 0 Å². The summed E-state index contributed by atoms with van der Waals surface area (Å²) in [4.78, 5) is 52.0. The van der Waals surface area contributed by atoms with Crippen LogP contribution >= 0.6 is 0 Å². The molecule has 180 valence electrons. The van der Waals surface area contributed by atoms with Crippen molar-refractivity contribution in [2.45, 2.75) is 52.5 Å². The number of imidazole rings is 2. The number of fused-ring (bicyclic) bond motifs is 2. The fraction of sp³-hybridized carbons (Fsp3) is 0.360. The molecule has 0 aliphatic carbocycles. The SMILES string of the molecule is CCCC[n+]1ccn(CCn2c(=O)c3cc4c(=O)n(CCn5cc[n+](C)c5)c(=O)c4cc3c2=O)c1. The standard InChI is InChI=1S/C25H28N6O4/c1-3-4-5-27-8-9-29(17-27)11-13-31-24(34)20-14-18-19(15-21(20)25(31)35)23(33)30(22(18)32)12-10-28-7-6-26(2)16-28/h6-9,14-17H,3-5,10-13H2,1-2H3/q+2. The minimum absolute atomic E-state index is 0.178. The molecule has 0 amide bonds. The number of aromatic nitrogens is 6. The first kappa shape index (κ1) is 22.7. The van der Waals surface area contributed by atoms with Crippen molar-refractivity contribution in [1.82, 2.24) is 18.3 Å². The summed E-state index contributed by atoms with van der Waals surface area (Å²) >= 11 is 0. The Kier molecular flexibility index (Phi) is 5.80. The first-order valence-electron chi connectivity index (χ1n) is 11.8. The molecule has 0 spiro atoms. The maximum Gasteiger partial charge on any atom is 0.261 e. The highest BCUT2D eigenvalue weighted by molar-refractivity contribution is 5.97. The van der Waals surface area contributed by atoms with E-state index < -0.39 is 22.2 Å². The minimum Gasteiger partial charge on any atom is -0.270 e. The molecule has 0 N–H and O–H groups in total. The summed E-state index contributed by atoms with van der Waals surface area (Å²) in [6.45, 7) is 4.39. The van der Waals surface area contributed by atoms with Crippen molar-refractivity contribution in [3.05, 3.63) is 91.0 Å². The highest BCUT2D eigenvalue weighted by Crippen LogP contribution is 2.14. The maximum atomic E-state index is 13.0. The molecule has 4 aromatic heterocycles. The summed E-state index contributed by atoms with van der Waals surface area (Å²) in [5, 5.41) is 0.716. The number of benzene rings is 1. The molecule has 0 saturated heterocycles. The third-order valence-electron chi connectivity index (χ3n) is 6.56. The Morgan fingerprint density at radius 3 is 1.63 bits per heavy atom. The number of nitrogens with zero attached hydrogens (tertiary/aromatic N) is 6. The molecule has 0 aliphatic heterocycles. The van der Waals surface area contributed by atoms with Crippen LogP contribution in [-0.2, 0) is 39.8 Å². The van der Waals surface area contributed by atoms with E-state index in [1.807, 2.05) is 58.2 Å². The lowest BCUT2D eigenvalue weighted by atomic mass is 10.1. The number of hydrogen-bond donors (Lipinski definition) is 0. The van der Waals surface area contributed by atoms with Crippen LogP contribution < -0.4 is 31.4 Å². The lowest BCUT2D eigenvalue weighted by Crippen LogP contribution is -2.31. The van der Waals surface area contributed by atoms with Crippen LogP contribution in [0.4, 0.5) is 0 Å². The molecule has 10 heteroatoms. The van der Waals surface area contributed by atoms with Crippen LogP contribution in [0.15, 0.2) is 68.8 Å². The van der Waals surface area contributed by atoms with Gasteiger partial charge in [-0.2, -0.15) is 0 Å². The van der Waals surface area contributed by atoms with Crippen LogP contribution in [0.3, 0.4) is 0 Å². The number of unbranched alkanes of at least 4 members (excludes halogenated alkanes) is 1. The topological polar surface area (TPSA) is 95.8 Å². The Bertz CT molecular complexity index is 1660. The second-order valence-electron chi connectivity index (χ2n) is 9.03. The monoisotopic (exact) mass is 476 g/mol. The Morgan fingerprint density at radius 2 is 1.17 bits per heavy atom. The predicted molar refractivity (Wildman–Crippen MR) is 130 cm³/mol. The normalized spacial score (nSPS) is 11.8. The van der Waals surface area contributed by atoms with Gasteiger partial charge >= 0.3 is 0 Å². The average molecular weight is 477 g/mol. The zero-order valence-corrected chi connectivity index (χ0v) is 19.9. The Balaban J connectivity index is 1.45. The molecule has 10 nitrogen and oxygen atoms in total. The van der Waals surface area contributed by atoms with E-state index in [0.717, 1.165) is 19.4 Å². The van der Waals surface area contributed by atoms with Gasteiger partial charge in [0.1, 0.15) is 37.9 Å². The summed E-state index contributed by atoms with van der Waals surface area (Å²) < 4.78 is 10.1. The molecule has 0 fully saturated rings. The highest BCUT2D eigenvalue weighted by Gasteiger charge is 2.20. The van der Waals surface area contributed by atoms with E-state index in [0.29, 0.717) is 13.1 Å². The molecule has 1 aromatic carbocycles. The lowest BCUT2D eigenvalue weighted by Gasteiger charge is -1.98. The number of rotatable bonds is 9. The summed E-state index contributed by atoms with van der Waals surface area (Å²) in [6, 6.07) is 2.82. The van der Waals surface area contributed by atoms with Crippen LogP contribution in [0.25, 0.3) is 21.5 Å². The molecule has 0 radical (unpaired) electrons. The van der Waals surface area contributed by atoms with E-state index in [-0.39, 0.29) is 34.6 Å². The van der Waals surface area contributed by atoms with E-state index in [9.17, 15) is 19.2 Å². The van der Waals surface area contributed by atoms with Crippen molar-refractivity contribution in [3.63, 3.8) is 0 Å².